The first kappa shape index (κ1) is 10.3. The smallest absolute Gasteiger partial charge is 0.124 e. The summed E-state index contributed by atoms with van der Waals surface area (Å²) >= 11 is 4.92. The van der Waals surface area contributed by atoms with E-state index in [4.69, 9.17) is 5.26 Å². The highest BCUT2D eigenvalue weighted by Gasteiger charge is 2.16. The van der Waals surface area contributed by atoms with Gasteiger partial charge in [0.2, 0.25) is 0 Å². The molecule has 3 nitrogen and oxygen atoms in total. The van der Waals surface area contributed by atoms with E-state index in [0.29, 0.717) is 5.69 Å². The third-order valence-corrected chi connectivity index (χ3v) is 3.58. The summed E-state index contributed by atoms with van der Waals surface area (Å²) in [6.45, 7) is 0. The van der Waals surface area contributed by atoms with Gasteiger partial charge in [-0.15, -0.1) is 11.3 Å². The Bertz CT molecular complexity index is 489. The van der Waals surface area contributed by atoms with Crippen molar-refractivity contribution in [2.75, 3.05) is 0 Å². The Morgan fingerprint density at radius 2 is 2.27 bits per heavy atom. The van der Waals surface area contributed by atoms with Crippen LogP contribution in [0.5, 0.6) is 0 Å². The van der Waals surface area contributed by atoms with Crippen molar-refractivity contribution in [2.24, 2.45) is 0 Å². The molecule has 15 heavy (non-hydrogen) atoms. The molecule has 0 aliphatic carbocycles. The van der Waals surface area contributed by atoms with E-state index in [1.165, 1.54) is 0 Å². The van der Waals surface area contributed by atoms with Gasteiger partial charge in [-0.25, -0.2) is 0 Å². The number of halogens is 1. The van der Waals surface area contributed by atoms with Gasteiger partial charge < -0.3 is 0 Å². The Labute approximate surface area is 99.5 Å². The molecule has 1 unspecified atom stereocenters. The summed E-state index contributed by atoms with van der Waals surface area (Å²) in [5.74, 6) is -0.324. The Balaban J connectivity index is 2.38. The molecule has 0 aliphatic rings. The van der Waals surface area contributed by atoms with Gasteiger partial charge in [0.15, 0.2) is 0 Å². The van der Waals surface area contributed by atoms with Crippen LogP contribution in [-0.2, 0) is 0 Å². The number of aromatic nitrogens is 2. The second-order valence-corrected chi connectivity index (χ2v) is 5.35. The maximum atomic E-state index is 9.12. The van der Waals surface area contributed by atoms with Crippen molar-refractivity contribution in [3.8, 4) is 6.07 Å². The zero-order valence-electron chi connectivity index (χ0n) is 7.59. The lowest BCUT2D eigenvalue weighted by Crippen LogP contribution is -1.99. The number of hydrogen-bond acceptors (Lipinski definition) is 4. The number of thiophene rings is 1. The maximum absolute atomic E-state index is 9.12. The first-order valence-corrected chi connectivity index (χ1v) is 5.84. The summed E-state index contributed by atoms with van der Waals surface area (Å²) in [7, 11) is 0. The van der Waals surface area contributed by atoms with Gasteiger partial charge in [-0.3, -0.25) is 0 Å². The lowest BCUT2D eigenvalue weighted by atomic mass is 10.1. The first-order valence-electron chi connectivity index (χ1n) is 4.23. The Morgan fingerprint density at radius 1 is 1.40 bits per heavy atom. The molecule has 2 rings (SSSR count). The molecule has 5 heteroatoms. The largest absolute Gasteiger partial charge is 0.197 e. The number of nitrogens with zero attached hydrogens (tertiary/aromatic N) is 3. The average Bonchev–Trinajstić information content (AvgIpc) is 2.68. The molecular formula is C10H6BrN3S. The van der Waals surface area contributed by atoms with E-state index in [1.54, 1.807) is 23.6 Å². The SMILES string of the molecule is N#CC(c1cccnn1)c1ccc(Br)s1. The van der Waals surface area contributed by atoms with Crippen molar-refractivity contribution < 1.29 is 0 Å². The molecule has 0 saturated carbocycles. The van der Waals surface area contributed by atoms with E-state index < -0.39 is 0 Å². The summed E-state index contributed by atoms with van der Waals surface area (Å²) in [6, 6.07) is 9.70. The predicted molar refractivity (Wildman–Crippen MR) is 61.5 cm³/mol. The van der Waals surface area contributed by atoms with Gasteiger partial charge in [0.05, 0.1) is 15.5 Å². The molecule has 0 amide bonds. The van der Waals surface area contributed by atoms with Crippen LogP contribution < -0.4 is 0 Å². The van der Waals surface area contributed by atoms with Crippen molar-refractivity contribution in [3.63, 3.8) is 0 Å². The highest BCUT2D eigenvalue weighted by Crippen LogP contribution is 2.31. The van der Waals surface area contributed by atoms with Crippen molar-refractivity contribution >= 4 is 27.3 Å². The molecule has 0 bridgehead atoms. The molecule has 2 aromatic rings. The maximum Gasteiger partial charge on any atom is 0.124 e. The predicted octanol–water partition coefficient (Wildman–Crippen LogP) is 2.96. The normalized spacial score (nSPS) is 12.0. The third-order valence-electron chi connectivity index (χ3n) is 1.90. The van der Waals surface area contributed by atoms with Crippen LogP contribution in [0.2, 0.25) is 0 Å². The van der Waals surface area contributed by atoms with Crippen molar-refractivity contribution in [1.29, 1.82) is 5.26 Å². The second kappa shape index (κ2) is 4.51. The number of hydrogen-bond donors (Lipinski definition) is 0. The molecule has 0 spiro atoms. The number of nitriles is 1. The Hall–Kier alpha value is -1.25. The van der Waals surface area contributed by atoms with Gasteiger partial charge in [-0.2, -0.15) is 15.5 Å². The topological polar surface area (TPSA) is 49.6 Å². The fraction of sp³-hybridized carbons (Fsp3) is 0.100. The van der Waals surface area contributed by atoms with Gasteiger partial charge in [-0.05, 0) is 40.2 Å². The highest BCUT2D eigenvalue weighted by atomic mass is 79.9. The van der Waals surface area contributed by atoms with E-state index in [0.717, 1.165) is 8.66 Å². The monoisotopic (exact) mass is 279 g/mol. The van der Waals surface area contributed by atoms with Crippen molar-refractivity contribution in [3.05, 3.63) is 44.8 Å². The molecule has 0 fully saturated rings. The van der Waals surface area contributed by atoms with Crippen LogP contribution in [0.3, 0.4) is 0 Å². The molecule has 0 N–H and O–H groups in total. The van der Waals surface area contributed by atoms with Crippen molar-refractivity contribution in [1.82, 2.24) is 10.2 Å². The number of rotatable bonds is 2. The van der Waals surface area contributed by atoms with Gasteiger partial charge in [-0.1, -0.05) is 0 Å². The van der Waals surface area contributed by atoms with Crippen LogP contribution in [0, 0.1) is 11.3 Å². The third kappa shape index (κ3) is 2.22. The van der Waals surface area contributed by atoms with E-state index in [2.05, 4.69) is 32.2 Å². The molecule has 0 radical (unpaired) electrons. The summed E-state index contributed by atoms with van der Waals surface area (Å²) in [6.07, 6.45) is 1.60. The summed E-state index contributed by atoms with van der Waals surface area (Å²) in [5.41, 5.74) is 0.689. The minimum Gasteiger partial charge on any atom is -0.197 e. The molecule has 1 atom stereocenters. The summed E-state index contributed by atoms with van der Waals surface area (Å²) in [5, 5.41) is 16.8. The fourth-order valence-corrected chi connectivity index (χ4v) is 2.71. The van der Waals surface area contributed by atoms with Crippen LogP contribution >= 0.6 is 27.3 Å². The lowest BCUT2D eigenvalue weighted by molar-refractivity contribution is 0.895. The highest BCUT2D eigenvalue weighted by molar-refractivity contribution is 9.11. The van der Waals surface area contributed by atoms with Crippen LogP contribution in [0.4, 0.5) is 0 Å². The standard InChI is InChI=1S/C10H6BrN3S/c11-10-4-3-9(15-10)7(6-12)8-2-1-5-13-14-8/h1-5,7H. The van der Waals surface area contributed by atoms with Gasteiger partial charge in [0.1, 0.15) is 5.92 Å². The fourth-order valence-electron chi connectivity index (χ4n) is 1.23. The molecule has 2 aromatic heterocycles. The first-order chi connectivity index (χ1) is 7.31. The molecule has 74 valence electrons. The molecular weight excluding hydrogens is 274 g/mol. The molecule has 0 aromatic carbocycles. The van der Waals surface area contributed by atoms with Crippen LogP contribution in [0.25, 0.3) is 0 Å². The Morgan fingerprint density at radius 3 is 2.80 bits per heavy atom. The van der Waals surface area contributed by atoms with Gasteiger partial charge in [0, 0.05) is 11.1 Å². The lowest BCUT2D eigenvalue weighted by Gasteiger charge is -2.03. The minimum absolute atomic E-state index is 0.324. The zero-order chi connectivity index (χ0) is 10.7. The van der Waals surface area contributed by atoms with E-state index in [9.17, 15) is 0 Å². The van der Waals surface area contributed by atoms with Crippen LogP contribution in [0.1, 0.15) is 16.5 Å². The van der Waals surface area contributed by atoms with Gasteiger partial charge >= 0.3 is 0 Å². The second-order valence-electron chi connectivity index (χ2n) is 2.85. The van der Waals surface area contributed by atoms with E-state index in [1.807, 2.05) is 18.2 Å². The average molecular weight is 280 g/mol. The molecule has 0 saturated heterocycles. The van der Waals surface area contributed by atoms with E-state index >= 15 is 0 Å². The molecule has 2 heterocycles. The quantitative estimate of drug-likeness (QED) is 0.849. The van der Waals surface area contributed by atoms with Crippen LogP contribution in [-0.4, -0.2) is 10.2 Å². The van der Waals surface area contributed by atoms with E-state index in [-0.39, 0.29) is 5.92 Å². The summed E-state index contributed by atoms with van der Waals surface area (Å²) in [4.78, 5) is 0.977. The zero-order valence-corrected chi connectivity index (χ0v) is 9.99. The summed E-state index contributed by atoms with van der Waals surface area (Å²) < 4.78 is 1.02. The minimum atomic E-state index is -0.324. The van der Waals surface area contributed by atoms with Crippen LogP contribution in [0.15, 0.2) is 34.2 Å². The van der Waals surface area contributed by atoms with Crippen molar-refractivity contribution in [2.45, 2.75) is 5.92 Å². The molecule has 0 aliphatic heterocycles. The van der Waals surface area contributed by atoms with Gasteiger partial charge in [0.25, 0.3) is 0 Å². The Kier molecular flexibility index (Phi) is 3.09.